The molecular weight excluding hydrogens is 216 g/mol. The van der Waals surface area contributed by atoms with Crippen molar-refractivity contribution in [3.05, 3.63) is 23.8 Å². The summed E-state index contributed by atoms with van der Waals surface area (Å²) < 4.78 is 0. The van der Waals surface area contributed by atoms with Crippen molar-refractivity contribution >= 4 is 17.8 Å². The van der Waals surface area contributed by atoms with Crippen LogP contribution < -0.4 is 10.6 Å². The smallest absolute Gasteiger partial charge is 0.231 e. The lowest BCUT2D eigenvalue weighted by molar-refractivity contribution is -0.119. The first-order chi connectivity index (χ1) is 8.13. The SMILES string of the molecule is Cc1nc(N(C)C(=O)C2CC2)cnc1C=CN. The fraction of sp³-hybridized carbons (Fsp3) is 0.417. The van der Waals surface area contributed by atoms with Gasteiger partial charge in [-0.15, -0.1) is 0 Å². The van der Waals surface area contributed by atoms with E-state index in [4.69, 9.17) is 5.73 Å². The summed E-state index contributed by atoms with van der Waals surface area (Å²) in [6, 6.07) is 0. The summed E-state index contributed by atoms with van der Waals surface area (Å²) in [6.45, 7) is 1.85. The van der Waals surface area contributed by atoms with E-state index < -0.39 is 0 Å². The van der Waals surface area contributed by atoms with Crippen LogP contribution in [0.15, 0.2) is 12.4 Å². The number of amides is 1. The number of rotatable bonds is 3. The summed E-state index contributed by atoms with van der Waals surface area (Å²) in [5.41, 5.74) is 6.80. The van der Waals surface area contributed by atoms with Gasteiger partial charge in [0.15, 0.2) is 5.82 Å². The Hall–Kier alpha value is -1.91. The van der Waals surface area contributed by atoms with Crippen molar-refractivity contribution in [2.24, 2.45) is 11.7 Å². The minimum Gasteiger partial charge on any atom is -0.405 e. The van der Waals surface area contributed by atoms with E-state index in [0.29, 0.717) is 5.82 Å². The third-order valence-electron chi connectivity index (χ3n) is 2.83. The molecule has 0 radical (unpaired) electrons. The Kier molecular flexibility index (Phi) is 3.08. The molecule has 1 aromatic heterocycles. The van der Waals surface area contributed by atoms with Crippen molar-refractivity contribution in [3.8, 4) is 0 Å². The van der Waals surface area contributed by atoms with Crippen molar-refractivity contribution in [2.45, 2.75) is 19.8 Å². The molecule has 1 aliphatic carbocycles. The van der Waals surface area contributed by atoms with E-state index in [-0.39, 0.29) is 11.8 Å². The first-order valence-electron chi connectivity index (χ1n) is 5.63. The molecule has 1 aliphatic rings. The highest BCUT2D eigenvalue weighted by Crippen LogP contribution is 2.31. The van der Waals surface area contributed by atoms with E-state index >= 15 is 0 Å². The first kappa shape index (κ1) is 11.6. The number of hydrogen-bond donors (Lipinski definition) is 1. The molecule has 0 aliphatic heterocycles. The molecule has 1 saturated carbocycles. The summed E-state index contributed by atoms with van der Waals surface area (Å²) >= 11 is 0. The number of carbonyl (C=O) groups excluding carboxylic acids is 1. The van der Waals surface area contributed by atoms with E-state index in [9.17, 15) is 4.79 Å². The van der Waals surface area contributed by atoms with Gasteiger partial charge in [-0.1, -0.05) is 0 Å². The van der Waals surface area contributed by atoms with Gasteiger partial charge in [0.25, 0.3) is 0 Å². The number of nitrogens with zero attached hydrogens (tertiary/aromatic N) is 3. The lowest BCUT2D eigenvalue weighted by Crippen LogP contribution is -2.28. The number of anilines is 1. The summed E-state index contributed by atoms with van der Waals surface area (Å²) in [5.74, 6) is 0.903. The maximum atomic E-state index is 11.9. The number of aryl methyl sites for hydroxylation is 1. The highest BCUT2D eigenvalue weighted by Gasteiger charge is 2.33. The molecule has 1 heterocycles. The van der Waals surface area contributed by atoms with Crippen LogP contribution in [0.5, 0.6) is 0 Å². The molecule has 17 heavy (non-hydrogen) atoms. The first-order valence-corrected chi connectivity index (χ1v) is 5.63. The van der Waals surface area contributed by atoms with E-state index in [1.54, 1.807) is 24.2 Å². The Bertz CT molecular complexity index is 466. The number of nitrogens with two attached hydrogens (primary N) is 1. The number of carbonyl (C=O) groups is 1. The Morgan fingerprint density at radius 2 is 2.29 bits per heavy atom. The van der Waals surface area contributed by atoms with Gasteiger partial charge in [-0.05, 0) is 32.0 Å². The van der Waals surface area contributed by atoms with Gasteiger partial charge in [-0.2, -0.15) is 0 Å². The molecule has 2 N–H and O–H groups in total. The van der Waals surface area contributed by atoms with E-state index in [1.807, 2.05) is 6.92 Å². The van der Waals surface area contributed by atoms with Gasteiger partial charge in [0.05, 0.1) is 17.6 Å². The van der Waals surface area contributed by atoms with Crippen LogP contribution in [0.25, 0.3) is 6.08 Å². The summed E-state index contributed by atoms with van der Waals surface area (Å²) in [5, 5.41) is 0. The molecule has 0 unspecified atom stereocenters. The summed E-state index contributed by atoms with van der Waals surface area (Å²) in [7, 11) is 1.74. The zero-order chi connectivity index (χ0) is 12.4. The van der Waals surface area contributed by atoms with Crippen LogP contribution in [0.3, 0.4) is 0 Å². The lowest BCUT2D eigenvalue weighted by Gasteiger charge is -2.16. The normalized spacial score (nSPS) is 15.2. The van der Waals surface area contributed by atoms with Crippen LogP contribution in [0.1, 0.15) is 24.2 Å². The van der Waals surface area contributed by atoms with E-state index in [0.717, 1.165) is 24.2 Å². The molecule has 1 aromatic rings. The third kappa shape index (κ3) is 2.43. The van der Waals surface area contributed by atoms with Crippen LogP contribution in [-0.4, -0.2) is 22.9 Å². The average molecular weight is 232 g/mol. The molecular formula is C12H16N4O. The van der Waals surface area contributed by atoms with Gasteiger partial charge in [0, 0.05) is 13.0 Å². The van der Waals surface area contributed by atoms with Gasteiger partial charge in [0.1, 0.15) is 0 Å². The van der Waals surface area contributed by atoms with Crippen molar-refractivity contribution < 1.29 is 4.79 Å². The van der Waals surface area contributed by atoms with Gasteiger partial charge in [0.2, 0.25) is 5.91 Å². The van der Waals surface area contributed by atoms with Gasteiger partial charge < -0.3 is 5.73 Å². The van der Waals surface area contributed by atoms with Crippen LogP contribution in [0.2, 0.25) is 0 Å². The minimum atomic E-state index is 0.126. The molecule has 0 bridgehead atoms. The Morgan fingerprint density at radius 1 is 1.59 bits per heavy atom. The zero-order valence-corrected chi connectivity index (χ0v) is 10.1. The second-order valence-corrected chi connectivity index (χ2v) is 4.23. The van der Waals surface area contributed by atoms with Gasteiger partial charge >= 0.3 is 0 Å². The standard InChI is InChI=1S/C12H16N4O/c1-8-10(5-6-13)14-7-11(15-8)16(2)12(17)9-3-4-9/h5-7,9H,3-4,13H2,1-2H3. The highest BCUT2D eigenvalue weighted by atomic mass is 16.2. The molecule has 0 saturated heterocycles. The quantitative estimate of drug-likeness (QED) is 0.846. The number of hydrogen-bond acceptors (Lipinski definition) is 4. The highest BCUT2D eigenvalue weighted by molar-refractivity contribution is 5.95. The Morgan fingerprint density at radius 3 is 2.82 bits per heavy atom. The fourth-order valence-corrected chi connectivity index (χ4v) is 1.61. The molecule has 1 amide bonds. The molecule has 5 heteroatoms. The molecule has 0 atom stereocenters. The topological polar surface area (TPSA) is 72.1 Å². The summed E-state index contributed by atoms with van der Waals surface area (Å²) in [6.07, 6.45) is 6.69. The molecule has 90 valence electrons. The van der Waals surface area contributed by atoms with Crippen LogP contribution in [0.4, 0.5) is 5.82 Å². The van der Waals surface area contributed by atoms with Crippen LogP contribution in [-0.2, 0) is 4.79 Å². The van der Waals surface area contributed by atoms with Crippen LogP contribution in [0, 0.1) is 12.8 Å². The zero-order valence-electron chi connectivity index (χ0n) is 10.1. The van der Waals surface area contributed by atoms with Gasteiger partial charge in [-0.25, -0.2) is 4.98 Å². The van der Waals surface area contributed by atoms with E-state index in [2.05, 4.69) is 9.97 Å². The predicted octanol–water partition coefficient (Wildman–Crippen LogP) is 1.09. The van der Waals surface area contributed by atoms with Crippen molar-refractivity contribution in [1.29, 1.82) is 0 Å². The largest absolute Gasteiger partial charge is 0.405 e. The Labute approximate surface area is 100 Å². The molecule has 1 fully saturated rings. The molecule has 5 nitrogen and oxygen atoms in total. The predicted molar refractivity (Wildman–Crippen MR) is 66.1 cm³/mol. The van der Waals surface area contributed by atoms with Gasteiger partial charge in [-0.3, -0.25) is 14.7 Å². The summed E-state index contributed by atoms with van der Waals surface area (Å²) in [4.78, 5) is 22.0. The minimum absolute atomic E-state index is 0.126. The number of aromatic nitrogens is 2. The maximum Gasteiger partial charge on any atom is 0.231 e. The second kappa shape index (κ2) is 4.53. The second-order valence-electron chi connectivity index (χ2n) is 4.23. The molecule has 0 spiro atoms. The fourth-order valence-electron chi connectivity index (χ4n) is 1.61. The third-order valence-corrected chi connectivity index (χ3v) is 2.83. The van der Waals surface area contributed by atoms with E-state index in [1.165, 1.54) is 6.20 Å². The lowest BCUT2D eigenvalue weighted by atomic mass is 10.3. The maximum absolute atomic E-state index is 11.9. The monoisotopic (exact) mass is 232 g/mol. The molecule has 0 aromatic carbocycles. The van der Waals surface area contributed by atoms with Crippen molar-refractivity contribution in [2.75, 3.05) is 11.9 Å². The Balaban J connectivity index is 2.21. The average Bonchev–Trinajstić information content (AvgIpc) is 3.14. The van der Waals surface area contributed by atoms with Crippen LogP contribution >= 0.6 is 0 Å². The molecule has 2 rings (SSSR count). The van der Waals surface area contributed by atoms with Crippen molar-refractivity contribution in [3.63, 3.8) is 0 Å². The van der Waals surface area contributed by atoms with Crippen molar-refractivity contribution in [1.82, 2.24) is 9.97 Å².